The highest BCUT2D eigenvalue weighted by Crippen LogP contribution is 2.27. The maximum Gasteiger partial charge on any atom is 0.401 e. The summed E-state index contributed by atoms with van der Waals surface area (Å²) in [6.45, 7) is 6.66. The van der Waals surface area contributed by atoms with E-state index in [1.807, 2.05) is 0 Å². The largest absolute Gasteiger partial charge is 0.401 e. The lowest BCUT2D eigenvalue weighted by Gasteiger charge is -2.37. The van der Waals surface area contributed by atoms with Crippen molar-refractivity contribution in [2.45, 2.75) is 51.4 Å². The number of hydrogen-bond donors (Lipinski definition) is 1. The lowest BCUT2D eigenvalue weighted by Crippen LogP contribution is -2.52. The molecule has 0 bridgehead atoms. The third-order valence-corrected chi connectivity index (χ3v) is 4.69. The van der Waals surface area contributed by atoms with Gasteiger partial charge in [0.05, 0.1) is 25.8 Å². The van der Waals surface area contributed by atoms with Gasteiger partial charge in [0.25, 0.3) is 0 Å². The van der Waals surface area contributed by atoms with Gasteiger partial charge in [0.2, 0.25) is 5.91 Å². The third-order valence-electron chi connectivity index (χ3n) is 4.69. The van der Waals surface area contributed by atoms with Crippen LogP contribution in [0.4, 0.5) is 13.2 Å². The molecule has 1 atom stereocenters. The van der Waals surface area contributed by atoms with Crippen LogP contribution in [0.2, 0.25) is 0 Å². The molecule has 1 aliphatic carbocycles. The van der Waals surface area contributed by atoms with Crippen LogP contribution in [0, 0.1) is 5.92 Å². The Balaban J connectivity index is 1.74. The van der Waals surface area contributed by atoms with Crippen molar-refractivity contribution in [1.82, 2.24) is 15.1 Å². The van der Waals surface area contributed by atoms with Crippen LogP contribution in [0.5, 0.6) is 0 Å². The number of nitrogens with one attached hydrogen (secondary N) is 1. The summed E-state index contributed by atoms with van der Waals surface area (Å²) in [5.74, 6) is 0.201. The Hall–Kier alpha value is -0.860. The summed E-state index contributed by atoms with van der Waals surface area (Å²) in [4.78, 5) is 15.7. The highest BCUT2D eigenvalue weighted by molar-refractivity contribution is 5.78. The Morgan fingerprint density at radius 3 is 2.64 bits per heavy atom. The topological polar surface area (TPSA) is 44.8 Å². The highest BCUT2D eigenvalue weighted by Gasteiger charge is 2.36. The molecule has 0 spiro atoms. The second-order valence-electron chi connectivity index (χ2n) is 7.56. The third kappa shape index (κ3) is 7.50. The van der Waals surface area contributed by atoms with Gasteiger partial charge in [-0.05, 0) is 18.8 Å². The lowest BCUT2D eigenvalue weighted by atomic mass is 9.91. The first-order valence-corrected chi connectivity index (χ1v) is 9.14. The predicted octanol–water partition coefficient (Wildman–Crippen LogP) is 1.88. The molecule has 2 rings (SSSR count). The zero-order chi connectivity index (χ0) is 18.4. The molecular weight excluding hydrogens is 335 g/mol. The molecule has 5 nitrogen and oxygen atoms in total. The van der Waals surface area contributed by atoms with E-state index >= 15 is 0 Å². The molecule has 1 aliphatic heterocycles. The Morgan fingerprint density at radius 1 is 1.36 bits per heavy atom. The molecule has 0 radical (unpaired) electrons. The summed E-state index contributed by atoms with van der Waals surface area (Å²) >= 11 is 0. The highest BCUT2D eigenvalue weighted by atomic mass is 19.4. The van der Waals surface area contributed by atoms with Crippen molar-refractivity contribution >= 4 is 5.91 Å². The monoisotopic (exact) mass is 365 g/mol. The summed E-state index contributed by atoms with van der Waals surface area (Å²) < 4.78 is 43.8. The van der Waals surface area contributed by atoms with Crippen LogP contribution in [0.15, 0.2) is 0 Å². The second kappa shape index (κ2) is 9.19. The molecule has 2 fully saturated rings. The number of morpholine rings is 1. The van der Waals surface area contributed by atoms with E-state index in [0.717, 1.165) is 38.9 Å². The molecule has 1 unspecified atom stereocenters. The van der Waals surface area contributed by atoms with Crippen LogP contribution < -0.4 is 5.32 Å². The summed E-state index contributed by atoms with van der Waals surface area (Å²) in [6, 6.07) is -0.125. The van der Waals surface area contributed by atoms with E-state index in [2.05, 4.69) is 24.1 Å². The predicted molar refractivity (Wildman–Crippen MR) is 89.3 cm³/mol. The van der Waals surface area contributed by atoms with Gasteiger partial charge in [0.15, 0.2) is 0 Å². The SMILES string of the molecule is CC(C)CN1CCOC(CNC(=O)CN(CC(F)(F)F)C2CCC2)C1. The number of halogens is 3. The average molecular weight is 365 g/mol. The normalized spacial score (nSPS) is 23.1. The van der Waals surface area contributed by atoms with Gasteiger partial charge in [-0.1, -0.05) is 20.3 Å². The molecule has 0 aromatic heterocycles. The van der Waals surface area contributed by atoms with Gasteiger partial charge in [0, 0.05) is 32.2 Å². The Bertz CT molecular complexity index is 428. The van der Waals surface area contributed by atoms with Crippen molar-refractivity contribution in [2.24, 2.45) is 5.92 Å². The first kappa shape index (κ1) is 20.5. The number of carbonyl (C=O) groups excluding carboxylic acids is 1. The Morgan fingerprint density at radius 2 is 2.08 bits per heavy atom. The number of rotatable bonds is 8. The first-order valence-electron chi connectivity index (χ1n) is 9.14. The molecule has 1 heterocycles. The quantitative estimate of drug-likeness (QED) is 0.713. The number of alkyl halides is 3. The molecular formula is C17H30F3N3O2. The summed E-state index contributed by atoms with van der Waals surface area (Å²) in [7, 11) is 0. The van der Waals surface area contributed by atoms with Crippen LogP contribution in [0.3, 0.4) is 0 Å². The fourth-order valence-corrected chi connectivity index (χ4v) is 3.35. The van der Waals surface area contributed by atoms with Crippen molar-refractivity contribution in [3.8, 4) is 0 Å². The van der Waals surface area contributed by atoms with E-state index in [9.17, 15) is 18.0 Å². The minimum Gasteiger partial charge on any atom is -0.374 e. The van der Waals surface area contributed by atoms with Gasteiger partial charge in [-0.15, -0.1) is 0 Å². The number of nitrogens with zero attached hydrogens (tertiary/aromatic N) is 2. The smallest absolute Gasteiger partial charge is 0.374 e. The molecule has 25 heavy (non-hydrogen) atoms. The molecule has 2 aliphatic rings. The molecule has 1 saturated carbocycles. The van der Waals surface area contributed by atoms with Gasteiger partial charge < -0.3 is 10.1 Å². The standard InChI is InChI=1S/C17H30F3N3O2/c1-13(2)9-22-6-7-25-15(10-22)8-21-16(24)11-23(12-17(18,19)20)14-4-3-5-14/h13-15H,3-12H2,1-2H3,(H,21,24). The summed E-state index contributed by atoms with van der Waals surface area (Å²) in [6.07, 6.45) is -1.98. The minimum absolute atomic E-state index is 0.101. The zero-order valence-electron chi connectivity index (χ0n) is 15.1. The van der Waals surface area contributed by atoms with E-state index in [-0.39, 0.29) is 24.6 Å². The fourth-order valence-electron chi connectivity index (χ4n) is 3.35. The van der Waals surface area contributed by atoms with Crippen molar-refractivity contribution in [1.29, 1.82) is 0 Å². The number of hydrogen-bond acceptors (Lipinski definition) is 4. The Labute approximate surface area is 147 Å². The summed E-state index contributed by atoms with van der Waals surface area (Å²) in [5.41, 5.74) is 0. The minimum atomic E-state index is -4.28. The van der Waals surface area contributed by atoms with E-state index in [0.29, 0.717) is 19.1 Å². The molecule has 0 aromatic carbocycles. The Kier molecular flexibility index (Phi) is 7.51. The van der Waals surface area contributed by atoms with Crippen LogP contribution in [0.25, 0.3) is 0 Å². The van der Waals surface area contributed by atoms with Crippen LogP contribution in [-0.2, 0) is 9.53 Å². The zero-order valence-corrected chi connectivity index (χ0v) is 15.1. The van der Waals surface area contributed by atoms with Crippen LogP contribution >= 0.6 is 0 Å². The number of amides is 1. The summed E-state index contributed by atoms with van der Waals surface area (Å²) in [5, 5.41) is 2.75. The van der Waals surface area contributed by atoms with Crippen molar-refractivity contribution < 1.29 is 22.7 Å². The molecule has 146 valence electrons. The molecule has 0 aromatic rings. The van der Waals surface area contributed by atoms with E-state index in [1.54, 1.807) is 0 Å². The van der Waals surface area contributed by atoms with Crippen molar-refractivity contribution in [3.63, 3.8) is 0 Å². The van der Waals surface area contributed by atoms with Crippen molar-refractivity contribution in [3.05, 3.63) is 0 Å². The van der Waals surface area contributed by atoms with E-state index in [4.69, 9.17) is 4.74 Å². The van der Waals surface area contributed by atoms with E-state index in [1.165, 1.54) is 4.90 Å². The molecule has 1 amide bonds. The maximum absolute atomic E-state index is 12.7. The van der Waals surface area contributed by atoms with E-state index < -0.39 is 12.7 Å². The van der Waals surface area contributed by atoms with Crippen molar-refractivity contribution in [2.75, 3.05) is 45.9 Å². The number of carbonyl (C=O) groups is 1. The van der Waals surface area contributed by atoms with Gasteiger partial charge in [-0.25, -0.2) is 0 Å². The molecule has 1 saturated heterocycles. The second-order valence-corrected chi connectivity index (χ2v) is 7.56. The molecule has 1 N–H and O–H groups in total. The average Bonchev–Trinajstić information content (AvgIpc) is 2.41. The fraction of sp³-hybridized carbons (Fsp3) is 0.941. The number of ether oxygens (including phenoxy) is 1. The van der Waals surface area contributed by atoms with Crippen LogP contribution in [0.1, 0.15) is 33.1 Å². The first-order chi connectivity index (χ1) is 11.7. The lowest BCUT2D eigenvalue weighted by molar-refractivity contribution is -0.157. The van der Waals surface area contributed by atoms with Gasteiger partial charge in [0.1, 0.15) is 0 Å². The van der Waals surface area contributed by atoms with Crippen LogP contribution in [-0.4, -0.2) is 79.9 Å². The van der Waals surface area contributed by atoms with Gasteiger partial charge >= 0.3 is 6.18 Å². The van der Waals surface area contributed by atoms with Gasteiger partial charge in [-0.2, -0.15) is 13.2 Å². The maximum atomic E-state index is 12.7. The van der Waals surface area contributed by atoms with Gasteiger partial charge in [-0.3, -0.25) is 14.6 Å². The molecule has 8 heteroatoms.